The highest BCUT2D eigenvalue weighted by Gasteiger charge is 2.28. The van der Waals surface area contributed by atoms with Crippen LogP contribution in [0.3, 0.4) is 0 Å². The molecule has 1 N–H and O–H groups in total. The second-order valence-corrected chi connectivity index (χ2v) is 10.0. The van der Waals surface area contributed by atoms with Crippen molar-refractivity contribution < 1.29 is 22.7 Å². The van der Waals surface area contributed by atoms with Gasteiger partial charge >= 0.3 is 0 Å². The zero-order valence-corrected chi connectivity index (χ0v) is 21.8. The van der Waals surface area contributed by atoms with Crippen LogP contribution in [0.15, 0.2) is 113 Å². The molecular weight excluding hydrogens is 502 g/mol. The number of ether oxygens (including phenoxy) is 2. The number of rotatable bonds is 10. The molecular formula is C29H27N3O5S. The van der Waals surface area contributed by atoms with Crippen molar-refractivity contribution in [1.29, 1.82) is 0 Å². The standard InChI is InChI=1S/C29H27N3O5S/c1-36-27-18-17-23(19-28(27)37-2)20-30-31-29(33)25-15-9-10-16-26(25)32(21-22-11-5-3-6-12-22)38(34,35)24-13-7-4-8-14-24/h3-20H,21H2,1-2H3,(H,31,33)/b30-20-. The topological polar surface area (TPSA) is 97.3 Å². The summed E-state index contributed by atoms with van der Waals surface area (Å²) >= 11 is 0. The molecule has 0 bridgehead atoms. The smallest absolute Gasteiger partial charge is 0.273 e. The maximum Gasteiger partial charge on any atom is 0.273 e. The number of methoxy groups -OCH3 is 2. The molecule has 4 rings (SSSR count). The molecule has 0 aliphatic rings. The van der Waals surface area contributed by atoms with E-state index in [-0.39, 0.29) is 22.7 Å². The molecule has 1 amide bonds. The number of nitrogens with one attached hydrogen (secondary N) is 1. The lowest BCUT2D eigenvalue weighted by Gasteiger charge is -2.26. The van der Waals surface area contributed by atoms with Crippen LogP contribution in [0.4, 0.5) is 5.69 Å². The molecule has 9 heteroatoms. The van der Waals surface area contributed by atoms with Crippen LogP contribution in [0.25, 0.3) is 0 Å². The first-order chi connectivity index (χ1) is 18.4. The predicted molar refractivity (Wildman–Crippen MR) is 147 cm³/mol. The highest BCUT2D eigenvalue weighted by molar-refractivity contribution is 7.92. The monoisotopic (exact) mass is 529 g/mol. The third-order valence-electron chi connectivity index (χ3n) is 5.70. The van der Waals surface area contributed by atoms with Gasteiger partial charge in [0.25, 0.3) is 15.9 Å². The highest BCUT2D eigenvalue weighted by atomic mass is 32.2. The number of nitrogens with zero attached hydrogens (tertiary/aromatic N) is 2. The average Bonchev–Trinajstić information content (AvgIpc) is 2.96. The average molecular weight is 530 g/mol. The molecule has 0 aliphatic carbocycles. The Labute approximate surface area is 222 Å². The Kier molecular flexibility index (Phi) is 8.40. The van der Waals surface area contributed by atoms with Gasteiger partial charge in [0.05, 0.1) is 43.1 Å². The second kappa shape index (κ2) is 12.1. The van der Waals surface area contributed by atoms with Gasteiger partial charge in [-0.05, 0) is 53.6 Å². The minimum atomic E-state index is -4.00. The van der Waals surface area contributed by atoms with E-state index in [2.05, 4.69) is 10.5 Å². The van der Waals surface area contributed by atoms with Gasteiger partial charge in [0, 0.05) is 0 Å². The summed E-state index contributed by atoms with van der Waals surface area (Å²) in [6.45, 7) is 0.0390. The number of amides is 1. The van der Waals surface area contributed by atoms with Gasteiger partial charge < -0.3 is 9.47 Å². The summed E-state index contributed by atoms with van der Waals surface area (Å²) in [5, 5.41) is 4.06. The summed E-state index contributed by atoms with van der Waals surface area (Å²) in [7, 11) is -0.923. The lowest BCUT2D eigenvalue weighted by molar-refractivity contribution is 0.0955. The molecule has 8 nitrogen and oxygen atoms in total. The van der Waals surface area contributed by atoms with Crippen molar-refractivity contribution in [3.8, 4) is 11.5 Å². The van der Waals surface area contributed by atoms with Crippen molar-refractivity contribution in [3.05, 3.63) is 120 Å². The first-order valence-corrected chi connectivity index (χ1v) is 13.1. The lowest BCUT2D eigenvalue weighted by atomic mass is 10.1. The molecule has 0 aliphatic heterocycles. The molecule has 0 fully saturated rings. The first kappa shape index (κ1) is 26.4. The number of para-hydroxylation sites is 1. The van der Waals surface area contributed by atoms with E-state index < -0.39 is 15.9 Å². The molecule has 0 saturated carbocycles. The summed E-state index contributed by atoms with van der Waals surface area (Å²) < 4.78 is 39.3. The Morgan fingerprint density at radius 3 is 2.16 bits per heavy atom. The van der Waals surface area contributed by atoms with Crippen LogP contribution in [0.5, 0.6) is 11.5 Å². The fourth-order valence-electron chi connectivity index (χ4n) is 3.81. The van der Waals surface area contributed by atoms with Crippen LogP contribution in [-0.4, -0.2) is 34.8 Å². The Bertz CT molecular complexity index is 1520. The molecule has 0 radical (unpaired) electrons. The van der Waals surface area contributed by atoms with Gasteiger partial charge in [-0.3, -0.25) is 9.10 Å². The zero-order chi connectivity index (χ0) is 27.0. The van der Waals surface area contributed by atoms with Crippen LogP contribution >= 0.6 is 0 Å². The molecule has 38 heavy (non-hydrogen) atoms. The Morgan fingerprint density at radius 1 is 0.842 bits per heavy atom. The minimum absolute atomic E-state index is 0.0390. The number of benzene rings is 4. The summed E-state index contributed by atoms with van der Waals surface area (Å²) in [6, 6.07) is 29.1. The van der Waals surface area contributed by atoms with Crippen molar-refractivity contribution in [3.63, 3.8) is 0 Å². The first-order valence-electron chi connectivity index (χ1n) is 11.7. The van der Waals surface area contributed by atoms with Gasteiger partial charge in [-0.2, -0.15) is 5.10 Å². The number of anilines is 1. The SMILES string of the molecule is COc1ccc(/C=N\NC(=O)c2ccccc2N(Cc2ccccc2)S(=O)(=O)c2ccccc2)cc1OC. The third-order valence-corrected chi connectivity index (χ3v) is 7.48. The number of sulfonamides is 1. The van der Waals surface area contributed by atoms with Gasteiger partial charge in [-0.25, -0.2) is 13.8 Å². The molecule has 0 spiro atoms. The van der Waals surface area contributed by atoms with Crippen molar-refractivity contribution in [2.75, 3.05) is 18.5 Å². The van der Waals surface area contributed by atoms with Crippen molar-refractivity contribution in [2.45, 2.75) is 11.4 Å². The predicted octanol–water partition coefficient (Wildman–Crippen LogP) is 4.86. The molecule has 0 heterocycles. The van der Waals surface area contributed by atoms with E-state index in [1.165, 1.54) is 29.8 Å². The van der Waals surface area contributed by atoms with E-state index >= 15 is 0 Å². The Balaban J connectivity index is 1.66. The van der Waals surface area contributed by atoms with Gasteiger partial charge in [0.15, 0.2) is 11.5 Å². The number of hydrogen-bond donors (Lipinski definition) is 1. The maximum absolute atomic E-state index is 13.8. The Hall–Kier alpha value is -4.63. The number of hydrogen-bond acceptors (Lipinski definition) is 6. The van der Waals surface area contributed by atoms with Crippen molar-refractivity contribution >= 4 is 27.8 Å². The normalized spacial score (nSPS) is 11.2. The zero-order valence-electron chi connectivity index (χ0n) is 20.9. The van der Waals surface area contributed by atoms with E-state index in [0.29, 0.717) is 17.1 Å². The quantitative estimate of drug-likeness (QED) is 0.234. The van der Waals surface area contributed by atoms with Gasteiger partial charge in [0.1, 0.15) is 0 Å². The van der Waals surface area contributed by atoms with E-state index in [1.807, 2.05) is 30.3 Å². The van der Waals surface area contributed by atoms with Gasteiger partial charge in [-0.1, -0.05) is 60.7 Å². The molecule has 0 aromatic heterocycles. The van der Waals surface area contributed by atoms with E-state index in [1.54, 1.807) is 67.8 Å². The number of carbonyl (C=O) groups excluding carboxylic acids is 1. The molecule has 0 atom stereocenters. The lowest BCUT2D eigenvalue weighted by Crippen LogP contribution is -2.33. The molecule has 0 unspecified atom stereocenters. The van der Waals surface area contributed by atoms with Crippen LogP contribution in [-0.2, 0) is 16.6 Å². The van der Waals surface area contributed by atoms with E-state index in [9.17, 15) is 13.2 Å². The molecule has 0 saturated heterocycles. The summed E-state index contributed by atoms with van der Waals surface area (Å²) in [5.41, 5.74) is 4.34. The van der Waals surface area contributed by atoms with Crippen molar-refractivity contribution in [2.24, 2.45) is 5.10 Å². The third kappa shape index (κ3) is 6.01. The minimum Gasteiger partial charge on any atom is -0.493 e. The molecule has 4 aromatic rings. The molecule has 194 valence electrons. The van der Waals surface area contributed by atoms with E-state index in [4.69, 9.17) is 9.47 Å². The number of hydrazone groups is 1. The summed E-state index contributed by atoms with van der Waals surface area (Å²) in [6.07, 6.45) is 1.46. The molecule has 4 aromatic carbocycles. The van der Waals surface area contributed by atoms with Crippen LogP contribution in [0, 0.1) is 0 Å². The van der Waals surface area contributed by atoms with Crippen LogP contribution in [0.2, 0.25) is 0 Å². The number of carbonyl (C=O) groups is 1. The summed E-state index contributed by atoms with van der Waals surface area (Å²) in [4.78, 5) is 13.3. The van der Waals surface area contributed by atoms with E-state index in [0.717, 1.165) is 5.56 Å². The van der Waals surface area contributed by atoms with Crippen LogP contribution < -0.4 is 19.2 Å². The fraction of sp³-hybridized carbons (Fsp3) is 0.103. The van der Waals surface area contributed by atoms with Crippen molar-refractivity contribution in [1.82, 2.24) is 5.43 Å². The second-order valence-electron chi connectivity index (χ2n) is 8.14. The maximum atomic E-state index is 13.8. The Morgan fingerprint density at radius 2 is 1.47 bits per heavy atom. The van der Waals surface area contributed by atoms with Crippen LogP contribution in [0.1, 0.15) is 21.5 Å². The van der Waals surface area contributed by atoms with Gasteiger partial charge in [-0.15, -0.1) is 0 Å². The fourth-order valence-corrected chi connectivity index (χ4v) is 5.30. The highest BCUT2D eigenvalue weighted by Crippen LogP contribution is 2.29. The summed E-state index contributed by atoms with van der Waals surface area (Å²) in [5.74, 6) is 0.537. The largest absolute Gasteiger partial charge is 0.493 e. The van der Waals surface area contributed by atoms with Gasteiger partial charge in [0.2, 0.25) is 0 Å².